The first-order chi connectivity index (χ1) is 9.59. The first-order valence-corrected chi connectivity index (χ1v) is 7.16. The third-order valence-electron chi connectivity index (χ3n) is 3.72. The SMILES string of the molecule is Cc1ccccc1OCCC(=O)NC1(C)CCOCC1. The predicted octanol–water partition coefficient (Wildman–Crippen LogP) is 2.45. The second-order valence-electron chi connectivity index (χ2n) is 5.59. The van der Waals surface area contributed by atoms with E-state index in [4.69, 9.17) is 9.47 Å². The lowest BCUT2D eigenvalue weighted by Crippen LogP contribution is -2.49. The number of hydrogen-bond donors (Lipinski definition) is 1. The standard InChI is InChI=1S/C16H23NO3/c1-13-5-3-4-6-14(13)20-10-7-15(18)17-16(2)8-11-19-12-9-16/h3-6H,7-12H2,1-2H3,(H,17,18). The van der Waals surface area contributed by atoms with E-state index in [1.807, 2.05) is 31.2 Å². The molecule has 1 aromatic carbocycles. The molecule has 2 rings (SSSR count). The lowest BCUT2D eigenvalue weighted by molar-refractivity contribution is -0.124. The molecule has 1 aromatic rings. The van der Waals surface area contributed by atoms with Crippen molar-refractivity contribution in [3.63, 3.8) is 0 Å². The van der Waals surface area contributed by atoms with Crippen LogP contribution in [0.5, 0.6) is 5.75 Å². The molecule has 1 amide bonds. The Kier molecular flexibility index (Phi) is 5.01. The fourth-order valence-corrected chi connectivity index (χ4v) is 2.32. The summed E-state index contributed by atoms with van der Waals surface area (Å²) in [4.78, 5) is 12.0. The normalized spacial score (nSPS) is 17.5. The van der Waals surface area contributed by atoms with Gasteiger partial charge in [0.1, 0.15) is 5.75 Å². The predicted molar refractivity (Wildman–Crippen MR) is 77.9 cm³/mol. The number of hydrogen-bond acceptors (Lipinski definition) is 3. The Morgan fingerprint density at radius 3 is 2.75 bits per heavy atom. The molecule has 0 spiro atoms. The number of ether oxygens (including phenoxy) is 2. The van der Waals surface area contributed by atoms with Crippen molar-refractivity contribution in [3.8, 4) is 5.75 Å². The quantitative estimate of drug-likeness (QED) is 0.899. The van der Waals surface area contributed by atoms with Gasteiger partial charge in [-0.15, -0.1) is 0 Å². The fourth-order valence-electron chi connectivity index (χ4n) is 2.32. The van der Waals surface area contributed by atoms with Gasteiger partial charge >= 0.3 is 0 Å². The molecule has 20 heavy (non-hydrogen) atoms. The molecular formula is C16H23NO3. The average Bonchev–Trinajstić information content (AvgIpc) is 2.41. The maximum absolute atomic E-state index is 12.0. The molecule has 110 valence electrons. The van der Waals surface area contributed by atoms with Crippen LogP contribution in [0.1, 0.15) is 31.7 Å². The van der Waals surface area contributed by atoms with Crippen molar-refractivity contribution >= 4 is 5.91 Å². The van der Waals surface area contributed by atoms with Crippen LogP contribution in [0, 0.1) is 6.92 Å². The summed E-state index contributed by atoms with van der Waals surface area (Å²) in [5.41, 5.74) is 0.960. The highest BCUT2D eigenvalue weighted by Crippen LogP contribution is 2.20. The molecule has 0 unspecified atom stereocenters. The summed E-state index contributed by atoms with van der Waals surface area (Å²) in [5.74, 6) is 0.889. The van der Waals surface area contributed by atoms with Crippen LogP contribution < -0.4 is 10.1 Å². The molecule has 4 nitrogen and oxygen atoms in total. The number of para-hydroxylation sites is 1. The lowest BCUT2D eigenvalue weighted by atomic mass is 9.92. The van der Waals surface area contributed by atoms with Gasteiger partial charge in [0, 0.05) is 18.8 Å². The number of rotatable bonds is 5. The molecule has 0 radical (unpaired) electrons. The summed E-state index contributed by atoms with van der Waals surface area (Å²) in [6.45, 7) is 5.92. The van der Waals surface area contributed by atoms with Crippen LogP contribution in [0.15, 0.2) is 24.3 Å². The van der Waals surface area contributed by atoms with Crippen molar-refractivity contribution in [1.29, 1.82) is 0 Å². The van der Waals surface area contributed by atoms with Gasteiger partial charge in [0.05, 0.1) is 13.0 Å². The minimum absolute atomic E-state index is 0.0444. The summed E-state index contributed by atoms with van der Waals surface area (Å²) in [6, 6.07) is 7.83. The molecule has 1 N–H and O–H groups in total. The van der Waals surface area contributed by atoms with Crippen LogP contribution in [0.2, 0.25) is 0 Å². The van der Waals surface area contributed by atoms with Gasteiger partial charge in [0.15, 0.2) is 0 Å². The number of carbonyl (C=O) groups excluding carboxylic acids is 1. The maximum Gasteiger partial charge on any atom is 0.223 e. The Hall–Kier alpha value is -1.55. The highest BCUT2D eigenvalue weighted by atomic mass is 16.5. The maximum atomic E-state index is 12.0. The number of carbonyl (C=O) groups is 1. The third kappa shape index (κ3) is 4.23. The van der Waals surface area contributed by atoms with Crippen LogP contribution in [0.25, 0.3) is 0 Å². The van der Waals surface area contributed by atoms with E-state index in [2.05, 4.69) is 12.2 Å². The van der Waals surface area contributed by atoms with E-state index in [9.17, 15) is 4.79 Å². The van der Waals surface area contributed by atoms with E-state index >= 15 is 0 Å². The second kappa shape index (κ2) is 6.75. The zero-order chi connectivity index (χ0) is 14.4. The van der Waals surface area contributed by atoms with Gasteiger partial charge in [-0.25, -0.2) is 0 Å². The van der Waals surface area contributed by atoms with Gasteiger partial charge in [-0.3, -0.25) is 4.79 Å². The van der Waals surface area contributed by atoms with Crippen LogP contribution in [-0.2, 0) is 9.53 Å². The molecule has 1 aliphatic rings. The summed E-state index contributed by atoms with van der Waals surface area (Å²) >= 11 is 0. The van der Waals surface area contributed by atoms with Crippen LogP contribution in [0.4, 0.5) is 0 Å². The topological polar surface area (TPSA) is 47.6 Å². The first-order valence-electron chi connectivity index (χ1n) is 7.16. The van der Waals surface area contributed by atoms with Gasteiger partial charge in [-0.1, -0.05) is 18.2 Å². The molecule has 0 bridgehead atoms. The minimum Gasteiger partial charge on any atom is -0.493 e. The molecule has 0 aromatic heterocycles. The van der Waals surface area contributed by atoms with Crippen molar-refractivity contribution in [2.75, 3.05) is 19.8 Å². The molecule has 1 fully saturated rings. The largest absolute Gasteiger partial charge is 0.493 e. The van der Waals surface area contributed by atoms with E-state index in [1.165, 1.54) is 0 Å². The summed E-state index contributed by atoms with van der Waals surface area (Å²) in [7, 11) is 0. The molecule has 0 saturated carbocycles. The Labute approximate surface area is 120 Å². The van der Waals surface area contributed by atoms with Crippen LogP contribution in [-0.4, -0.2) is 31.3 Å². The molecule has 1 aliphatic heterocycles. The van der Waals surface area contributed by atoms with Crippen LogP contribution >= 0.6 is 0 Å². The molecular weight excluding hydrogens is 254 g/mol. The van der Waals surface area contributed by atoms with Gasteiger partial charge in [-0.05, 0) is 38.3 Å². The van der Waals surface area contributed by atoms with Crippen molar-refractivity contribution in [1.82, 2.24) is 5.32 Å². The molecule has 4 heteroatoms. The highest BCUT2D eigenvalue weighted by Gasteiger charge is 2.28. The summed E-state index contributed by atoms with van der Waals surface area (Å²) < 4.78 is 11.0. The Bertz CT molecular complexity index is 453. The zero-order valence-corrected chi connectivity index (χ0v) is 12.3. The van der Waals surface area contributed by atoms with Gasteiger partial charge in [0.2, 0.25) is 5.91 Å². The Morgan fingerprint density at radius 1 is 1.35 bits per heavy atom. The molecule has 1 saturated heterocycles. The monoisotopic (exact) mass is 277 g/mol. The minimum atomic E-state index is -0.127. The van der Waals surface area contributed by atoms with Gasteiger partial charge in [-0.2, -0.15) is 0 Å². The number of aryl methyl sites for hydroxylation is 1. The third-order valence-corrected chi connectivity index (χ3v) is 3.72. The van der Waals surface area contributed by atoms with Crippen molar-refractivity contribution in [2.24, 2.45) is 0 Å². The highest BCUT2D eigenvalue weighted by molar-refractivity contribution is 5.76. The summed E-state index contributed by atoms with van der Waals surface area (Å²) in [6.07, 6.45) is 2.12. The van der Waals surface area contributed by atoms with E-state index in [-0.39, 0.29) is 11.4 Å². The molecule has 0 atom stereocenters. The number of benzene rings is 1. The number of amides is 1. The van der Waals surface area contributed by atoms with Gasteiger partial charge < -0.3 is 14.8 Å². The van der Waals surface area contributed by atoms with Crippen LogP contribution in [0.3, 0.4) is 0 Å². The molecule has 1 heterocycles. The summed E-state index contributed by atoms with van der Waals surface area (Å²) in [5, 5.41) is 3.10. The van der Waals surface area contributed by atoms with E-state index < -0.39 is 0 Å². The van der Waals surface area contributed by atoms with E-state index in [0.717, 1.165) is 37.4 Å². The smallest absolute Gasteiger partial charge is 0.223 e. The lowest BCUT2D eigenvalue weighted by Gasteiger charge is -2.34. The Balaban J connectivity index is 1.74. The average molecular weight is 277 g/mol. The first kappa shape index (κ1) is 14.9. The van der Waals surface area contributed by atoms with E-state index in [0.29, 0.717) is 13.0 Å². The zero-order valence-electron chi connectivity index (χ0n) is 12.3. The van der Waals surface area contributed by atoms with Gasteiger partial charge in [0.25, 0.3) is 0 Å². The van der Waals surface area contributed by atoms with Crippen molar-refractivity contribution in [3.05, 3.63) is 29.8 Å². The second-order valence-corrected chi connectivity index (χ2v) is 5.59. The van der Waals surface area contributed by atoms with E-state index in [1.54, 1.807) is 0 Å². The number of nitrogens with one attached hydrogen (secondary N) is 1. The fraction of sp³-hybridized carbons (Fsp3) is 0.562. The van der Waals surface area contributed by atoms with Crippen molar-refractivity contribution in [2.45, 2.75) is 38.6 Å². The Morgan fingerprint density at radius 2 is 2.05 bits per heavy atom. The van der Waals surface area contributed by atoms with Crippen molar-refractivity contribution < 1.29 is 14.3 Å². The molecule has 0 aliphatic carbocycles.